The van der Waals surface area contributed by atoms with E-state index < -0.39 is 0 Å². The molecule has 0 aromatic rings. The van der Waals surface area contributed by atoms with E-state index in [-0.39, 0.29) is 30.4 Å². The maximum Gasteiger partial charge on any atom is 0.306 e. The summed E-state index contributed by atoms with van der Waals surface area (Å²) in [5, 5.41) is 0. The van der Waals surface area contributed by atoms with Crippen LogP contribution in [0.5, 0.6) is 0 Å². The molecule has 0 aliphatic rings. The van der Waals surface area contributed by atoms with Crippen molar-refractivity contribution in [2.45, 2.75) is 187 Å². The molecular weight excluding hydrogens is 614 g/mol. The third kappa shape index (κ3) is 37.1. The summed E-state index contributed by atoms with van der Waals surface area (Å²) in [6.45, 7) is 6.44. The van der Waals surface area contributed by atoms with Gasteiger partial charge in [-0.3, -0.25) is 14.4 Å². The lowest BCUT2D eigenvalue weighted by Crippen LogP contribution is -2.20. The summed E-state index contributed by atoms with van der Waals surface area (Å²) in [7, 11) is 4.04. The van der Waals surface area contributed by atoms with E-state index in [4.69, 9.17) is 14.2 Å². The first-order valence-corrected chi connectivity index (χ1v) is 20.3. The molecule has 0 aromatic heterocycles. The molecule has 0 bridgehead atoms. The van der Waals surface area contributed by atoms with Crippen molar-refractivity contribution in [1.82, 2.24) is 4.90 Å². The van der Waals surface area contributed by atoms with Crippen LogP contribution in [0.2, 0.25) is 0 Å². The quantitative estimate of drug-likeness (QED) is 0.0364. The Morgan fingerprint density at radius 2 is 1.06 bits per heavy atom. The van der Waals surface area contributed by atoms with Crippen LogP contribution in [0.3, 0.4) is 0 Å². The Bertz CT molecular complexity index is 824. The van der Waals surface area contributed by atoms with E-state index in [2.05, 4.69) is 30.9 Å². The van der Waals surface area contributed by atoms with Gasteiger partial charge in [-0.15, -0.1) is 0 Å². The zero-order chi connectivity index (χ0) is 36.0. The van der Waals surface area contributed by atoms with Crippen LogP contribution in [0, 0.1) is 0 Å². The maximum absolute atomic E-state index is 12.5. The molecule has 0 saturated heterocycles. The summed E-state index contributed by atoms with van der Waals surface area (Å²) in [5.74, 6) is -0.00196. The van der Waals surface area contributed by atoms with Crippen molar-refractivity contribution in [3.05, 3.63) is 24.3 Å². The first kappa shape index (κ1) is 47.0. The molecule has 0 fully saturated rings. The van der Waals surface area contributed by atoms with E-state index in [0.29, 0.717) is 32.5 Å². The van der Waals surface area contributed by atoms with Gasteiger partial charge < -0.3 is 19.1 Å². The summed E-state index contributed by atoms with van der Waals surface area (Å²) in [4.78, 5) is 38.7. The number of esters is 2. The molecule has 0 heterocycles. The van der Waals surface area contributed by atoms with E-state index in [1.807, 2.05) is 26.2 Å². The molecule has 0 radical (unpaired) electrons. The van der Waals surface area contributed by atoms with Gasteiger partial charge in [-0.1, -0.05) is 115 Å². The van der Waals surface area contributed by atoms with Crippen molar-refractivity contribution < 1.29 is 28.6 Å². The topological polar surface area (TPSA) is 82.1 Å². The van der Waals surface area contributed by atoms with E-state index in [9.17, 15) is 14.4 Å². The van der Waals surface area contributed by atoms with Crippen LogP contribution >= 0.6 is 0 Å². The second kappa shape index (κ2) is 37.3. The highest BCUT2D eigenvalue weighted by Gasteiger charge is 2.14. The Hall–Kier alpha value is -1.99. The van der Waals surface area contributed by atoms with Gasteiger partial charge >= 0.3 is 11.9 Å². The normalized spacial score (nSPS) is 12.3. The number of allylic oxidation sites excluding steroid dienone is 2. The van der Waals surface area contributed by atoms with Gasteiger partial charge in [0.15, 0.2) is 5.78 Å². The number of unbranched alkanes of at least 4 members (excludes halogenated alkanes) is 16. The molecule has 0 aliphatic heterocycles. The lowest BCUT2D eigenvalue weighted by molar-refractivity contribution is -0.150. The molecule has 0 spiro atoms. The van der Waals surface area contributed by atoms with Crippen molar-refractivity contribution in [1.29, 1.82) is 0 Å². The Morgan fingerprint density at radius 3 is 1.65 bits per heavy atom. The number of ether oxygens (including phenoxy) is 3. The van der Waals surface area contributed by atoms with Crippen molar-refractivity contribution in [3.63, 3.8) is 0 Å². The number of carbonyl (C=O) groups is 3. The highest BCUT2D eigenvalue weighted by atomic mass is 16.5. The van der Waals surface area contributed by atoms with Crippen molar-refractivity contribution in [3.8, 4) is 0 Å². The van der Waals surface area contributed by atoms with Gasteiger partial charge in [0.05, 0.1) is 6.61 Å². The molecule has 7 heteroatoms. The number of carbonyl (C=O) groups excluding carboxylic acids is 3. The van der Waals surface area contributed by atoms with Gasteiger partial charge in [0.2, 0.25) is 0 Å². The zero-order valence-corrected chi connectivity index (χ0v) is 32.5. The third-order valence-electron chi connectivity index (χ3n) is 8.77. The number of hydrogen-bond acceptors (Lipinski definition) is 7. The van der Waals surface area contributed by atoms with Gasteiger partial charge in [0.25, 0.3) is 0 Å². The van der Waals surface area contributed by atoms with Crippen LogP contribution in [0.1, 0.15) is 181 Å². The predicted octanol–water partition coefficient (Wildman–Crippen LogP) is 10.9. The van der Waals surface area contributed by atoms with Crippen LogP contribution in [0.15, 0.2) is 24.3 Å². The molecule has 0 amide bonds. The highest BCUT2D eigenvalue weighted by Crippen LogP contribution is 2.18. The minimum Gasteiger partial charge on any atom is -0.462 e. The molecular formula is C42H77NO6. The fourth-order valence-electron chi connectivity index (χ4n) is 5.72. The second-order valence-electron chi connectivity index (χ2n) is 14.0. The standard InChI is InChI=1S/C42H77NO6/c1-5-7-9-11-13-21-27-36-47-38-39(44)30-23-17-15-18-24-31-40(49-42(46)34-29-35-43(3)4)32-25-19-16-20-26-33-41(45)48-37-28-22-14-12-10-8-6-2/h21-22,27-28,40H,5-20,23-26,29-38H2,1-4H3/b27-21-,28-22-. The first-order chi connectivity index (χ1) is 23.9. The first-order valence-electron chi connectivity index (χ1n) is 20.3. The fraction of sp³-hybridized carbons (Fsp3) is 0.833. The molecule has 7 nitrogen and oxygen atoms in total. The van der Waals surface area contributed by atoms with Crippen LogP contribution in [-0.2, 0) is 28.6 Å². The van der Waals surface area contributed by atoms with Crippen molar-refractivity contribution >= 4 is 17.7 Å². The molecule has 286 valence electrons. The average Bonchev–Trinajstić information content (AvgIpc) is 3.07. The molecule has 1 unspecified atom stereocenters. The molecule has 1 atom stereocenters. The summed E-state index contributed by atoms with van der Waals surface area (Å²) < 4.78 is 16.8. The van der Waals surface area contributed by atoms with E-state index >= 15 is 0 Å². The molecule has 0 aliphatic carbocycles. The van der Waals surface area contributed by atoms with Gasteiger partial charge in [-0.05, 0) is 91.3 Å². The molecule has 0 rings (SSSR count). The fourth-order valence-corrected chi connectivity index (χ4v) is 5.72. The Balaban J connectivity index is 4.10. The van der Waals surface area contributed by atoms with E-state index in [1.165, 1.54) is 51.4 Å². The lowest BCUT2D eigenvalue weighted by atomic mass is 10.0. The third-order valence-corrected chi connectivity index (χ3v) is 8.77. The van der Waals surface area contributed by atoms with Crippen LogP contribution < -0.4 is 0 Å². The Kier molecular flexibility index (Phi) is 35.8. The smallest absolute Gasteiger partial charge is 0.306 e. The van der Waals surface area contributed by atoms with Gasteiger partial charge in [-0.2, -0.15) is 0 Å². The van der Waals surface area contributed by atoms with Crippen molar-refractivity contribution in [2.75, 3.05) is 40.5 Å². The van der Waals surface area contributed by atoms with Crippen LogP contribution in [-0.4, -0.2) is 69.2 Å². The van der Waals surface area contributed by atoms with Crippen molar-refractivity contribution in [2.24, 2.45) is 0 Å². The largest absolute Gasteiger partial charge is 0.462 e. The Morgan fingerprint density at radius 1 is 0.551 bits per heavy atom. The monoisotopic (exact) mass is 692 g/mol. The minimum atomic E-state index is -0.107. The molecule has 0 saturated carbocycles. The lowest BCUT2D eigenvalue weighted by Gasteiger charge is -2.18. The molecule has 0 aromatic carbocycles. The maximum atomic E-state index is 12.5. The van der Waals surface area contributed by atoms with Gasteiger partial charge in [-0.25, -0.2) is 0 Å². The van der Waals surface area contributed by atoms with Gasteiger partial charge in [0, 0.05) is 19.3 Å². The van der Waals surface area contributed by atoms with Crippen LogP contribution in [0.25, 0.3) is 0 Å². The summed E-state index contributed by atoms with van der Waals surface area (Å²) in [6.07, 6.45) is 34.9. The number of nitrogens with zero attached hydrogens (tertiary/aromatic N) is 1. The average molecular weight is 692 g/mol. The predicted molar refractivity (Wildman–Crippen MR) is 205 cm³/mol. The molecule has 0 N–H and O–H groups in total. The summed E-state index contributed by atoms with van der Waals surface area (Å²) in [6, 6.07) is 0. The number of ketones is 1. The number of Topliss-reactive ketones (excluding diaryl/α,β-unsaturated/α-hetero) is 1. The van der Waals surface area contributed by atoms with Gasteiger partial charge in [0.1, 0.15) is 19.3 Å². The second-order valence-corrected chi connectivity index (χ2v) is 14.0. The Labute approximate surface area is 302 Å². The number of rotatable bonds is 37. The SMILES string of the molecule is CCCCCC/C=C\COCC(=O)CCCCCCCC(CCCCCCCC(=O)OC/C=C\CCCCCC)OC(=O)CCCN(C)C. The number of hydrogen-bond donors (Lipinski definition) is 0. The van der Waals surface area contributed by atoms with E-state index in [1.54, 1.807) is 0 Å². The molecule has 49 heavy (non-hydrogen) atoms. The van der Waals surface area contributed by atoms with E-state index in [0.717, 1.165) is 103 Å². The summed E-state index contributed by atoms with van der Waals surface area (Å²) >= 11 is 0. The van der Waals surface area contributed by atoms with Crippen LogP contribution in [0.4, 0.5) is 0 Å². The zero-order valence-electron chi connectivity index (χ0n) is 32.5. The minimum absolute atomic E-state index is 0.0225. The summed E-state index contributed by atoms with van der Waals surface area (Å²) in [5.41, 5.74) is 0. The highest BCUT2D eigenvalue weighted by molar-refractivity contribution is 5.79.